The molecule has 94 valence electrons. The molecule has 4 nitrogen and oxygen atoms in total. The van der Waals surface area contributed by atoms with Crippen LogP contribution in [0.15, 0.2) is 44.2 Å². The van der Waals surface area contributed by atoms with Crippen LogP contribution in [0.3, 0.4) is 0 Å². The van der Waals surface area contributed by atoms with E-state index in [9.17, 15) is 9.59 Å². The van der Waals surface area contributed by atoms with Crippen molar-refractivity contribution < 1.29 is 9.59 Å². The molecule has 0 saturated carbocycles. The van der Waals surface area contributed by atoms with Crippen LogP contribution in [0.1, 0.15) is 0 Å². The summed E-state index contributed by atoms with van der Waals surface area (Å²) in [5, 5.41) is 2.31. The highest BCUT2D eigenvalue weighted by Crippen LogP contribution is 2.33. The Morgan fingerprint density at radius 1 is 1.11 bits per heavy atom. The summed E-state index contributed by atoms with van der Waals surface area (Å²) in [5.74, 6) is -0.679. The van der Waals surface area contributed by atoms with Crippen LogP contribution in [-0.4, -0.2) is 30.8 Å². The fourth-order valence-corrected chi connectivity index (χ4v) is 2.84. The van der Waals surface area contributed by atoms with E-state index in [0.717, 1.165) is 9.37 Å². The van der Waals surface area contributed by atoms with Gasteiger partial charge in [-0.3, -0.25) is 14.9 Å². The van der Waals surface area contributed by atoms with Crippen molar-refractivity contribution in [2.24, 2.45) is 0 Å². The van der Waals surface area contributed by atoms with Crippen molar-refractivity contribution in [2.45, 2.75) is 4.90 Å². The Hall–Kier alpha value is -1.27. The van der Waals surface area contributed by atoms with Crippen molar-refractivity contribution in [3.05, 3.63) is 39.3 Å². The highest BCUT2D eigenvalue weighted by atomic mass is 79.9. The van der Waals surface area contributed by atoms with Gasteiger partial charge >= 0.3 is 0 Å². The predicted octanol–water partition coefficient (Wildman–Crippen LogP) is 1.97. The number of likely N-dealkylation sites (N-methyl/N-ethyl adjacent to an activating group) is 1. The van der Waals surface area contributed by atoms with Crippen LogP contribution in [0, 0.1) is 0 Å². The molecule has 0 spiro atoms. The van der Waals surface area contributed by atoms with E-state index in [-0.39, 0.29) is 11.8 Å². The molecule has 1 heterocycles. The summed E-state index contributed by atoms with van der Waals surface area (Å²) in [7, 11) is 3.49. The van der Waals surface area contributed by atoms with Crippen LogP contribution in [0.5, 0.6) is 0 Å². The fraction of sp³-hybridized carbons (Fsp3) is 0.167. The SMILES string of the molecule is CN(C)C1=C(Sc2ccc(Br)cc2)C(=O)NC1=O. The Bertz CT molecular complexity index is 538. The summed E-state index contributed by atoms with van der Waals surface area (Å²) in [6, 6.07) is 7.58. The predicted molar refractivity (Wildman–Crippen MR) is 73.9 cm³/mol. The first-order valence-corrected chi connectivity index (χ1v) is 6.80. The van der Waals surface area contributed by atoms with Gasteiger partial charge in [0.15, 0.2) is 0 Å². The number of benzene rings is 1. The number of carbonyl (C=O) groups excluding carboxylic acids is 2. The summed E-state index contributed by atoms with van der Waals surface area (Å²) in [5.41, 5.74) is 0.410. The van der Waals surface area contributed by atoms with E-state index < -0.39 is 0 Å². The van der Waals surface area contributed by atoms with E-state index >= 15 is 0 Å². The highest BCUT2D eigenvalue weighted by molar-refractivity contribution is 9.10. The number of nitrogens with one attached hydrogen (secondary N) is 1. The molecule has 0 saturated heterocycles. The van der Waals surface area contributed by atoms with Crippen molar-refractivity contribution in [1.29, 1.82) is 0 Å². The molecule has 0 aromatic heterocycles. The van der Waals surface area contributed by atoms with Gasteiger partial charge in [-0.15, -0.1) is 0 Å². The Morgan fingerprint density at radius 2 is 1.72 bits per heavy atom. The number of hydrogen-bond acceptors (Lipinski definition) is 4. The van der Waals surface area contributed by atoms with Crippen molar-refractivity contribution in [3.8, 4) is 0 Å². The number of amides is 2. The molecule has 2 amide bonds. The van der Waals surface area contributed by atoms with Crippen LogP contribution >= 0.6 is 27.7 Å². The average Bonchev–Trinajstić information content (AvgIpc) is 2.57. The lowest BCUT2D eigenvalue weighted by molar-refractivity contribution is -0.124. The minimum atomic E-state index is -0.343. The Labute approximate surface area is 118 Å². The Morgan fingerprint density at radius 3 is 2.28 bits per heavy atom. The number of halogens is 1. The number of thioether (sulfide) groups is 1. The van der Waals surface area contributed by atoms with Gasteiger partial charge in [0.25, 0.3) is 11.8 Å². The molecule has 0 aliphatic carbocycles. The third-order valence-electron chi connectivity index (χ3n) is 2.34. The maximum Gasteiger partial charge on any atom is 0.275 e. The maximum absolute atomic E-state index is 11.7. The second-order valence-electron chi connectivity index (χ2n) is 3.91. The minimum absolute atomic E-state index is 0.336. The summed E-state index contributed by atoms with van der Waals surface area (Å²) < 4.78 is 0.973. The molecule has 6 heteroatoms. The van der Waals surface area contributed by atoms with Gasteiger partial charge in [0.05, 0.1) is 0 Å². The number of imide groups is 1. The summed E-state index contributed by atoms with van der Waals surface area (Å²) in [4.78, 5) is 26.4. The lowest BCUT2D eigenvalue weighted by atomic mass is 10.4. The van der Waals surface area contributed by atoms with E-state index in [2.05, 4.69) is 21.2 Å². The highest BCUT2D eigenvalue weighted by Gasteiger charge is 2.32. The summed E-state index contributed by atoms with van der Waals surface area (Å²) in [6.45, 7) is 0. The molecule has 18 heavy (non-hydrogen) atoms. The molecule has 1 aliphatic heterocycles. The lowest BCUT2D eigenvalue weighted by Gasteiger charge is -2.12. The number of hydrogen-bond donors (Lipinski definition) is 1. The monoisotopic (exact) mass is 326 g/mol. The van der Waals surface area contributed by atoms with Gasteiger partial charge in [0.1, 0.15) is 10.6 Å². The second kappa shape index (κ2) is 5.16. The Balaban J connectivity index is 2.33. The first-order valence-electron chi connectivity index (χ1n) is 5.19. The normalized spacial score (nSPS) is 15.1. The molecule has 1 aromatic rings. The Kier molecular flexibility index (Phi) is 3.77. The van der Waals surface area contributed by atoms with Gasteiger partial charge in [0, 0.05) is 23.5 Å². The van der Waals surface area contributed by atoms with Crippen LogP contribution in [0.2, 0.25) is 0 Å². The van der Waals surface area contributed by atoms with Crippen molar-refractivity contribution in [1.82, 2.24) is 10.2 Å². The first kappa shape index (κ1) is 13.2. The molecule has 0 bridgehead atoms. The molecule has 0 fully saturated rings. The smallest absolute Gasteiger partial charge is 0.275 e. The standard InChI is InChI=1S/C12H11BrN2O2S/c1-15(2)9-10(12(17)14-11(9)16)18-8-5-3-7(13)4-6-8/h3-6H,1-2H3,(H,14,16,17). The number of rotatable bonds is 3. The molecule has 0 atom stereocenters. The van der Waals surface area contributed by atoms with Crippen LogP contribution in [-0.2, 0) is 9.59 Å². The van der Waals surface area contributed by atoms with Crippen molar-refractivity contribution in [3.63, 3.8) is 0 Å². The largest absolute Gasteiger partial charge is 0.372 e. The van der Waals surface area contributed by atoms with E-state index in [1.807, 2.05) is 24.3 Å². The lowest BCUT2D eigenvalue weighted by Crippen LogP contribution is -2.26. The zero-order valence-electron chi connectivity index (χ0n) is 9.86. The summed E-state index contributed by atoms with van der Waals surface area (Å²) >= 11 is 4.64. The third-order valence-corrected chi connectivity index (χ3v) is 3.96. The first-order chi connectivity index (χ1) is 8.49. The van der Waals surface area contributed by atoms with Gasteiger partial charge in [0.2, 0.25) is 0 Å². The van der Waals surface area contributed by atoms with Gasteiger partial charge in [-0.25, -0.2) is 0 Å². The topological polar surface area (TPSA) is 49.4 Å². The third kappa shape index (κ3) is 2.59. The fourth-order valence-electron chi connectivity index (χ4n) is 1.55. The van der Waals surface area contributed by atoms with E-state index in [1.165, 1.54) is 11.8 Å². The van der Waals surface area contributed by atoms with E-state index in [4.69, 9.17) is 0 Å². The number of carbonyl (C=O) groups is 2. The zero-order valence-corrected chi connectivity index (χ0v) is 12.3. The van der Waals surface area contributed by atoms with Gasteiger partial charge in [-0.2, -0.15) is 0 Å². The maximum atomic E-state index is 11.7. The van der Waals surface area contributed by atoms with Crippen molar-refractivity contribution in [2.75, 3.05) is 14.1 Å². The second-order valence-corrected chi connectivity index (χ2v) is 5.91. The van der Waals surface area contributed by atoms with Crippen LogP contribution < -0.4 is 5.32 Å². The van der Waals surface area contributed by atoms with E-state index in [0.29, 0.717) is 10.6 Å². The molecule has 1 aliphatic rings. The quantitative estimate of drug-likeness (QED) is 0.863. The molecule has 2 rings (SSSR count). The van der Waals surface area contributed by atoms with Crippen molar-refractivity contribution >= 4 is 39.5 Å². The van der Waals surface area contributed by atoms with Gasteiger partial charge in [-0.05, 0) is 24.3 Å². The molecule has 1 aromatic carbocycles. The van der Waals surface area contributed by atoms with Gasteiger partial charge in [-0.1, -0.05) is 27.7 Å². The minimum Gasteiger partial charge on any atom is -0.372 e. The molecular weight excluding hydrogens is 316 g/mol. The zero-order chi connectivity index (χ0) is 13.3. The van der Waals surface area contributed by atoms with E-state index in [1.54, 1.807) is 19.0 Å². The van der Waals surface area contributed by atoms with Gasteiger partial charge < -0.3 is 4.90 Å². The van der Waals surface area contributed by atoms with Crippen LogP contribution in [0.25, 0.3) is 0 Å². The molecule has 0 unspecified atom stereocenters. The molecular formula is C12H11BrN2O2S. The number of nitrogens with zero attached hydrogens (tertiary/aromatic N) is 1. The average molecular weight is 327 g/mol. The molecule has 1 N–H and O–H groups in total. The summed E-state index contributed by atoms with van der Waals surface area (Å²) in [6.07, 6.45) is 0. The molecule has 0 radical (unpaired) electrons. The van der Waals surface area contributed by atoms with Crippen LogP contribution in [0.4, 0.5) is 0 Å².